The van der Waals surface area contributed by atoms with Gasteiger partial charge in [0.25, 0.3) is 23.2 Å². The Hall–Kier alpha value is -5.78. The number of nitro groups is 2. The van der Waals surface area contributed by atoms with Crippen LogP contribution < -0.4 is 10.6 Å². The first-order valence-electron chi connectivity index (χ1n) is 11.0. The van der Waals surface area contributed by atoms with E-state index in [-0.39, 0.29) is 33.9 Å². The summed E-state index contributed by atoms with van der Waals surface area (Å²) in [7, 11) is 0. The number of anilines is 2. The molecule has 4 rings (SSSR count). The van der Waals surface area contributed by atoms with E-state index in [1.165, 1.54) is 54.6 Å². The molecule has 188 valence electrons. The molecule has 0 bridgehead atoms. The molecule has 0 saturated heterocycles. The number of azo groups is 1. The standard InChI is InChI=1S/C26H18N6O6/c33-25(17-6-11-21(12-7-17)31(35)36)27-20-10-15-23(30-29-19-4-2-1-3-5-19)24(16-20)28-26(34)18-8-13-22(14-9-18)32(37)38/h1-16H,(H,27,33)(H,28,34). The molecule has 0 aliphatic heterocycles. The van der Waals surface area contributed by atoms with Gasteiger partial charge in [-0.1, -0.05) is 18.2 Å². The molecule has 0 radical (unpaired) electrons. The van der Waals surface area contributed by atoms with E-state index in [1.54, 1.807) is 36.4 Å². The maximum Gasteiger partial charge on any atom is 0.269 e. The number of rotatable bonds is 8. The average Bonchev–Trinajstić information content (AvgIpc) is 2.93. The van der Waals surface area contributed by atoms with Crippen LogP contribution in [0.25, 0.3) is 0 Å². The first-order valence-corrected chi connectivity index (χ1v) is 11.0. The van der Waals surface area contributed by atoms with Gasteiger partial charge >= 0.3 is 0 Å². The van der Waals surface area contributed by atoms with Crippen LogP contribution >= 0.6 is 0 Å². The van der Waals surface area contributed by atoms with Crippen LogP contribution in [0.5, 0.6) is 0 Å². The Kier molecular flexibility index (Phi) is 7.53. The highest BCUT2D eigenvalue weighted by atomic mass is 16.6. The maximum absolute atomic E-state index is 12.9. The summed E-state index contributed by atoms with van der Waals surface area (Å²) in [5.41, 5.74) is 1.45. The van der Waals surface area contributed by atoms with Gasteiger partial charge in [-0.05, 0) is 54.6 Å². The number of nitrogens with zero attached hydrogens (tertiary/aromatic N) is 4. The van der Waals surface area contributed by atoms with Gasteiger partial charge in [-0.25, -0.2) is 0 Å². The highest BCUT2D eigenvalue weighted by Crippen LogP contribution is 2.31. The van der Waals surface area contributed by atoms with E-state index in [2.05, 4.69) is 20.9 Å². The van der Waals surface area contributed by atoms with Crippen LogP contribution in [0.4, 0.5) is 34.1 Å². The SMILES string of the molecule is O=C(Nc1ccc(N=Nc2ccccc2)c(NC(=O)c2ccc([N+](=O)[O-])cc2)c1)c1ccc([N+](=O)[O-])cc1. The van der Waals surface area contributed by atoms with Crippen molar-refractivity contribution in [3.8, 4) is 0 Å². The quantitative estimate of drug-likeness (QED) is 0.157. The summed E-state index contributed by atoms with van der Waals surface area (Å²) in [5.74, 6) is -1.08. The Morgan fingerprint density at radius 1 is 0.632 bits per heavy atom. The number of carbonyl (C=O) groups is 2. The molecular weight excluding hydrogens is 492 g/mol. The van der Waals surface area contributed by atoms with Crippen LogP contribution in [0.15, 0.2) is 107 Å². The lowest BCUT2D eigenvalue weighted by molar-refractivity contribution is -0.385. The van der Waals surface area contributed by atoms with Gasteiger partial charge in [-0.2, -0.15) is 5.11 Å². The van der Waals surface area contributed by atoms with Crippen LogP contribution in [0.1, 0.15) is 20.7 Å². The minimum Gasteiger partial charge on any atom is -0.322 e. The topological polar surface area (TPSA) is 169 Å². The molecule has 2 amide bonds. The normalized spacial score (nSPS) is 10.6. The predicted octanol–water partition coefficient (Wildman–Crippen LogP) is 6.42. The van der Waals surface area contributed by atoms with Gasteiger partial charge in [0, 0.05) is 41.1 Å². The van der Waals surface area contributed by atoms with Gasteiger partial charge < -0.3 is 10.6 Å². The second-order valence-electron chi connectivity index (χ2n) is 7.78. The van der Waals surface area contributed by atoms with Crippen LogP contribution in [-0.2, 0) is 0 Å². The van der Waals surface area contributed by atoms with Crippen molar-refractivity contribution in [2.75, 3.05) is 10.6 Å². The van der Waals surface area contributed by atoms with E-state index in [4.69, 9.17) is 0 Å². The molecule has 2 N–H and O–H groups in total. The molecule has 0 saturated carbocycles. The lowest BCUT2D eigenvalue weighted by Crippen LogP contribution is -2.14. The fourth-order valence-electron chi connectivity index (χ4n) is 3.27. The summed E-state index contributed by atoms with van der Waals surface area (Å²) in [6.45, 7) is 0. The van der Waals surface area contributed by atoms with E-state index in [0.29, 0.717) is 11.4 Å². The number of amides is 2. The average molecular weight is 510 g/mol. The van der Waals surface area contributed by atoms with E-state index < -0.39 is 21.7 Å². The number of hydrogen-bond acceptors (Lipinski definition) is 8. The summed E-state index contributed by atoms with van der Waals surface area (Å²) >= 11 is 0. The molecule has 0 aromatic heterocycles. The van der Waals surface area contributed by atoms with E-state index in [0.717, 1.165) is 0 Å². The number of nitro benzene ring substituents is 2. The predicted molar refractivity (Wildman–Crippen MR) is 139 cm³/mol. The van der Waals surface area contributed by atoms with Gasteiger partial charge in [0.15, 0.2) is 0 Å². The zero-order valence-corrected chi connectivity index (χ0v) is 19.5. The molecule has 4 aromatic rings. The Bertz CT molecular complexity index is 1540. The van der Waals surface area contributed by atoms with Crippen molar-refractivity contribution in [1.82, 2.24) is 0 Å². The minimum atomic E-state index is -0.569. The van der Waals surface area contributed by atoms with Crippen LogP contribution in [0, 0.1) is 20.2 Å². The summed E-state index contributed by atoms with van der Waals surface area (Å²) < 4.78 is 0. The zero-order valence-electron chi connectivity index (χ0n) is 19.5. The number of non-ortho nitro benzene ring substituents is 2. The van der Waals surface area contributed by atoms with Crippen molar-refractivity contribution < 1.29 is 19.4 Å². The molecule has 0 spiro atoms. The molecule has 4 aromatic carbocycles. The number of hydrogen-bond donors (Lipinski definition) is 2. The smallest absolute Gasteiger partial charge is 0.269 e. The second kappa shape index (κ2) is 11.3. The van der Waals surface area contributed by atoms with Crippen molar-refractivity contribution in [3.05, 3.63) is 128 Å². The Labute approximate surface area is 215 Å². The van der Waals surface area contributed by atoms with Gasteiger partial charge in [0.05, 0.1) is 21.2 Å². The first-order chi connectivity index (χ1) is 18.3. The Morgan fingerprint density at radius 3 is 1.68 bits per heavy atom. The third kappa shape index (κ3) is 6.26. The molecule has 0 heterocycles. The molecule has 0 fully saturated rings. The van der Waals surface area contributed by atoms with Gasteiger partial charge in [0.2, 0.25) is 0 Å². The molecule has 0 aliphatic rings. The Balaban J connectivity index is 1.60. The summed E-state index contributed by atoms with van der Waals surface area (Å²) in [5, 5.41) is 35.5. The van der Waals surface area contributed by atoms with Crippen LogP contribution in [0.2, 0.25) is 0 Å². The highest BCUT2D eigenvalue weighted by molar-refractivity contribution is 6.07. The molecule has 0 unspecified atom stereocenters. The van der Waals surface area contributed by atoms with Crippen molar-refractivity contribution in [1.29, 1.82) is 0 Å². The fraction of sp³-hybridized carbons (Fsp3) is 0. The largest absolute Gasteiger partial charge is 0.322 e. The van der Waals surface area contributed by atoms with E-state index in [1.807, 2.05) is 6.07 Å². The number of carbonyl (C=O) groups excluding carboxylic acids is 2. The highest BCUT2D eigenvalue weighted by Gasteiger charge is 2.14. The third-order valence-electron chi connectivity index (χ3n) is 5.21. The zero-order chi connectivity index (χ0) is 27.1. The maximum atomic E-state index is 12.9. The van der Waals surface area contributed by atoms with Gasteiger partial charge in [-0.3, -0.25) is 29.8 Å². The van der Waals surface area contributed by atoms with Gasteiger partial charge in [-0.15, -0.1) is 5.11 Å². The summed E-state index contributed by atoms with van der Waals surface area (Å²) in [6.07, 6.45) is 0. The number of nitrogens with one attached hydrogen (secondary N) is 2. The second-order valence-corrected chi connectivity index (χ2v) is 7.78. The molecule has 12 nitrogen and oxygen atoms in total. The van der Waals surface area contributed by atoms with Gasteiger partial charge in [0.1, 0.15) is 5.69 Å². The van der Waals surface area contributed by atoms with Crippen molar-refractivity contribution >= 4 is 45.9 Å². The lowest BCUT2D eigenvalue weighted by Gasteiger charge is -2.11. The molecule has 12 heteroatoms. The van der Waals surface area contributed by atoms with Crippen LogP contribution in [-0.4, -0.2) is 21.7 Å². The van der Waals surface area contributed by atoms with Crippen molar-refractivity contribution in [2.45, 2.75) is 0 Å². The molecular formula is C26H18N6O6. The third-order valence-corrected chi connectivity index (χ3v) is 5.21. The molecule has 38 heavy (non-hydrogen) atoms. The first kappa shape index (κ1) is 25.3. The minimum absolute atomic E-state index is 0.147. The Morgan fingerprint density at radius 2 is 1.16 bits per heavy atom. The van der Waals surface area contributed by atoms with Crippen molar-refractivity contribution in [2.24, 2.45) is 10.2 Å². The van der Waals surface area contributed by atoms with E-state index in [9.17, 15) is 29.8 Å². The lowest BCUT2D eigenvalue weighted by atomic mass is 10.1. The van der Waals surface area contributed by atoms with Crippen LogP contribution in [0.3, 0.4) is 0 Å². The summed E-state index contributed by atoms with van der Waals surface area (Å²) in [4.78, 5) is 46.1. The number of benzene rings is 4. The monoisotopic (exact) mass is 510 g/mol. The molecule has 0 atom stereocenters. The van der Waals surface area contributed by atoms with E-state index >= 15 is 0 Å². The van der Waals surface area contributed by atoms with Crippen molar-refractivity contribution in [3.63, 3.8) is 0 Å². The fourth-order valence-corrected chi connectivity index (χ4v) is 3.27. The molecule has 0 aliphatic carbocycles. The summed E-state index contributed by atoms with van der Waals surface area (Å²) in [6, 6.07) is 23.7.